The van der Waals surface area contributed by atoms with E-state index in [0.717, 1.165) is 12.8 Å². The third-order valence-electron chi connectivity index (χ3n) is 1.65. The van der Waals surface area contributed by atoms with Crippen LogP contribution in [0.3, 0.4) is 0 Å². The predicted octanol–water partition coefficient (Wildman–Crippen LogP) is 0.300. The number of rotatable bonds is 7. The first-order chi connectivity index (χ1) is 6.26. The number of carbonyl (C=O) groups is 1. The summed E-state index contributed by atoms with van der Waals surface area (Å²) in [6, 6.07) is -0.267. The molecule has 0 aromatic heterocycles. The standard InChI is InChI=1S/C9H19NO3/c1-3-5-8(10-6-7-11)9(12)13-4-2/h8,10-11H,3-7H2,1-2H3. The molecule has 0 fully saturated rings. The summed E-state index contributed by atoms with van der Waals surface area (Å²) in [6.45, 7) is 4.67. The highest BCUT2D eigenvalue weighted by molar-refractivity contribution is 5.75. The Kier molecular flexibility index (Phi) is 7.63. The highest BCUT2D eigenvalue weighted by atomic mass is 16.5. The summed E-state index contributed by atoms with van der Waals surface area (Å²) in [5, 5.41) is 11.5. The first kappa shape index (κ1) is 12.4. The summed E-state index contributed by atoms with van der Waals surface area (Å²) < 4.78 is 4.87. The number of ether oxygens (including phenoxy) is 1. The monoisotopic (exact) mass is 189 g/mol. The zero-order valence-electron chi connectivity index (χ0n) is 8.38. The van der Waals surface area contributed by atoms with Crippen LogP contribution in [-0.2, 0) is 9.53 Å². The molecule has 0 aromatic carbocycles. The largest absolute Gasteiger partial charge is 0.465 e. The average Bonchev–Trinajstić information content (AvgIpc) is 2.12. The van der Waals surface area contributed by atoms with Crippen LogP contribution in [0.4, 0.5) is 0 Å². The minimum atomic E-state index is -0.267. The molecule has 0 rings (SSSR count). The van der Waals surface area contributed by atoms with E-state index in [1.54, 1.807) is 6.92 Å². The zero-order valence-corrected chi connectivity index (χ0v) is 8.38. The molecule has 0 heterocycles. The molecule has 13 heavy (non-hydrogen) atoms. The molecular formula is C9H19NO3. The van der Waals surface area contributed by atoms with Gasteiger partial charge < -0.3 is 15.2 Å². The quantitative estimate of drug-likeness (QED) is 0.565. The first-order valence-corrected chi connectivity index (χ1v) is 4.77. The van der Waals surface area contributed by atoms with Gasteiger partial charge in [-0.05, 0) is 13.3 Å². The van der Waals surface area contributed by atoms with Gasteiger partial charge in [0.2, 0.25) is 0 Å². The highest BCUT2D eigenvalue weighted by Crippen LogP contribution is 1.98. The lowest BCUT2D eigenvalue weighted by Crippen LogP contribution is -2.39. The van der Waals surface area contributed by atoms with Crippen molar-refractivity contribution in [2.24, 2.45) is 0 Å². The molecule has 0 aliphatic heterocycles. The van der Waals surface area contributed by atoms with Gasteiger partial charge in [0.25, 0.3) is 0 Å². The van der Waals surface area contributed by atoms with Gasteiger partial charge in [-0.15, -0.1) is 0 Å². The molecule has 1 unspecified atom stereocenters. The van der Waals surface area contributed by atoms with Crippen molar-refractivity contribution in [1.29, 1.82) is 0 Å². The van der Waals surface area contributed by atoms with Gasteiger partial charge >= 0.3 is 5.97 Å². The van der Waals surface area contributed by atoms with Crippen molar-refractivity contribution >= 4 is 5.97 Å². The van der Waals surface area contributed by atoms with E-state index in [1.807, 2.05) is 6.92 Å². The minimum absolute atomic E-state index is 0.0413. The van der Waals surface area contributed by atoms with Crippen LogP contribution in [0.15, 0.2) is 0 Å². The van der Waals surface area contributed by atoms with Crippen LogP contribution in [0.5, 0.6) is 0 Å². The third kappa shape index (κ3) is 5.60. The summed E-state index contributed by atoms with van der Waals surface area (Å²) in [6.07, 6.45) is 1.67. The molecule has 0 saturated carbocycles. The number of hydrogen-bond acceptors (Lipinski definition) is 4. The second kappa shape index (κ2) is 8.01. The van der Waals surface area contributed by atoms with Gasteiger partial charge in [0.1, 0.15) is 6.04 Å². The Morgan fingerprint density at radius 2 is 2.23 bits per heavy atom. The molecule has 4 nitrogen and oxygen atoms in total. The van der Waals surface area contributed by atoms with E-state index in [-0.39, 0.29) is 18.6 Å². The maximum Gasteiger partial charge on any atom is 0.323 e. The predicted molar refractivity (Wildman–Crippen MR) is 50.4 cm³/mol. The van der Waals surface area contributed by atoms with Gasteiger partial charge in [-0.3, -0.25) is 4.79 Å². The molecule has 4 heteroatoms. The molecule has 78 valence electrons. The van der Waals surface area contributed by atoms with E-state index in [0.29, 0.717) is 13.2 Å². The molecule has 0 amide bonds. The Bertz CT molecular complexity index is 139. The molecule has 0 aliphatic carbocycles. The van der Waals surface area contributed by atoms with Crippen LogP contribution in [0.2, 0.25) is 0 Å². The summed E-state index contributed by atoms with van der Waals surface area (Å²) in [4.78, 5) is 11.3. The number of hydrogen-bond donors (Lipinski definition) is 2. The number of carbonyl (C=O) groups excluding carboxylic acids is 1. The van der Waals surface area contributed by atoms with E-state index in [1.165, 1.54) is 0 Å². The second-order valence-corrected chi connectivity index (χ2v) is 2.77. The van der Waals surface area contributed by atoms with Crippen LogP contribution in [-0.4, -0.2) is 36.9 Å². The Morgan fingerprint density at radius 1 is 1.54 bits per heavy atom. The summed E-state index contributed by atoms with van der Waals surface area (Å²) >= 11 is 0. The summed E-state index contributed by atoms with van der Waals surface area (Å²) in [5.41, 5.74) is 0. The average molecular weight is 189 g/mol. The van der Waals surface area contributed by atoms with Gasteiger partial charge in [-0.1, -0.05) is 13.3 Å². The van der Waals surface area contributed by atoms with Gasteiger partial charge in [-0.25, -0.2) is 0 Å². The van der Waals surface area contributed by atoms with Crippen molar-refractivity contribution < 1.29 is 14.6 Å². The Hall–Kier alpha value is -0.610. The van der Waals surface area contributed by atoms with Crippen LogP contribution in [0, 0.1) is 0 Å². The smallest absolute Gasteiger partial charge is 0.323 e. The van der Waals surface area contributed by atoms with E-state index in [4.69, 9.17) is 9.84 Å². The lowest BCUT2D eigenvalue weighted by atomic mass is 10.2. The maximum atomic E-state index is 11.3. The van der Waals surface area contributed by atoms with E-state index >= 15 is 0 Å². The van der Waals surface area contributed by atoms with E-state index < -0.39 is 0 Å². The van der Waals surface area contributed by atoms with Crippen LogP contribution in [0.25, 0.3) is 0 Å². The Morgan fingerprint density at radius 3 is 2.69 bits per heavy atom. The topological polar surface area (TPSA) is 58.6 Å². The third-order valence-corrected chi connectivity index (χ3v) is 1.65. The fourth-order valence-corrected chi connectivity index (χ4v) is 1.07. The number of nitrogens with one attached hydrogen (secondary N) is 1. The molecule has 0 spiro atoms. The lowest BCUT2D eigenvalue weighted by Gasteiger charge is -2.15. The number of aliphatic hydroxyl groups excluding tert-OH is 1. The van der Waals surface area contributed by atoms with Crippen molar-refractivity contribution in [2.75, 3.05) is 19.8 Å². The second-order valence-electron chi connectivity index (χ2n) is 2.77. The van der Waals surface area contributed by atoms with Crippen molar-refractivity contribution in [1.82, 2.24) is 5.32 Å². The molecule has 0 aliphatic rings. The van der Waals surface area contributed by atoms with Gasteiger partial charge in [0.15, 0.2) is 0 Å². The Balaban J connectivity index is 3.83. The molecule has 0 radical (unpaired) electrons. The fourth-order valence-electron chi connectivity index (χ4n) is 1.07. The maximum absolute atomic E-state index is 11.3. The molecule has 1 atom stereocenters. The van der Waals surface area contributed by atoms with Gasteiger partial charge in [0.05, 0.1) is 13.2 Å². The normalized spacial score (nSPS) is 12.5. The van der Waals surface area contributed by atoms with Crippen LogP contribution in [0.1, 0.15) is 26.7 Å². The van der Waals surface area contributed by atoms with Crippen LogP contribution >= 0.6 is 0 Å². The number of esters is 1. The van der Waals surface area contributed by atoms with Gasteiger partial charge in [0, 0.05) is 6.54 Å². The lowest BCUT2D eigenvalue weighted by molar-refractivity contribution is -0.145. The molecular weight excluding hydrogens is 170 g/mol. The van der Waals surface area contributed by atoms with Crippen molar-refractivity contribution in [3.63, 3.8) is 0 Å². The van der Waals surface area contributed by atoms with Crippen molar-refractivity contribution in [3.8, 4) is 0 Å². The fraction of sp³-hybridized carbons (Fsp3) is 0.889. The van der Waals surface area contributed by atoms with Crippen molar-refractivity contribution in [3.05, 3.63) is 0 Å². The first-order valence-electron chi connectivity index (χ1n) is 4.77. The summed E-state index contributed by atoms with van der Waals surface area (Å²) in [5.74, 6) is -0.224. The van der Waals surface area contributed by atoms with E-state index in [9.17, 15) is 4.79 Å². The minimum Gasteiger partial charge on any atom is -0.465 e. The van der Waals surface area contributed by atoms with Crippen molar-refractivity contribution in [2.45, 2.75) is 32.7 Å². The molecule has 0 aromatic rings. The SMILES string of the molecule is CCCC(NCCO)C(=O)OCC. The molecule has 2 N–H and O–H groups in total. The number of aliphatic hydroxyl groups is 1. The van der Waals surface area contributed by atoms with E-state index in [2.05, 4.69) is 5.32 Å². The molecule has 0 bridgehead atoms. The Labute approximate surface area is 79.3 Å². The zero-order chi connectivity index (χ0) is 10.1. The van der Waals surface area contributed by atoms with Crippen LogP contribution < -0.4 is 5.32 Å². The summed E-state index contributed by atoms with van der Waals surface area (Å²) in [7, 11) is 0. The van der Waals surface area contributed by atoms with Gasteiger partial charge in [-0.2, -0.15) is 0 Å². The molecule has 0 saturated heterocycles. The highest BCUT2D eigenvalue weighted by Gasteiger charge is 2.16.